The van der Waals surface area contributed by atoms with Crippen molar-refractivity contribution in [3.63, 3.8) is 0 Å². The molecule has 1 aliphatic heterocycles. The lowest BCUT2D eigenvalue weighted by Crippen LogP contribution is -2.46. The van der Waals surface area contributed by atoms with E-state index in [0.717, 1.165) is 25.0 Å². The topological polar surface area (TPSA) is 59.5 Å². The molecule has 19 heavy (non-hydrogen) atoms. The average Bonchev–Trinajstić information content (AvgIpc) is 2.87. The molecule has 5 heteroatoms. The van der Waals surface area contributed by atoms with Crippen LogP contribution in [-0.4, -0.2) is 28.9 Å². The van der Waals surface area contributed by atoms with Gasteiger partial charge >= 0.3 is 0 Å². The molecular weight excluding hydrogens is 260 g/mol. The lowest BCUT2D eigenvalue weighted by Gasteiger charge is -2.38. The molecule has 0 aliphatic carbocycles. The van der Waals surface area contributed by atoms with Crippen molar-refractivity contribution in [2.45, 2.75) is 33.1 Å². The molecule has 1 aromatic rings. The van der Waals surface area contributed by atoms with Crippen LogP contribution in [0.2, 0.25) is 0 Å². The minimum atomic E-state index is -0.115. The number of furan rings is 1. The highest BCUT2D eigenvalue weighted by molar-refractivity contribution is 7.80. The molecular formula is C14H20N2O2S. The Bertz CT molecular complexity index is 487. The van der Waals surface area contributed by atoms with Gasteiger partial charge in [-0.1, -0.05) is 26.1 Å². The van der Waals surface area contributed by atoms with Crippen LogP contribution in [0, 0.1) is 5.41 Å². The van der Waals surface area contributed by atoms with Gasteiger partial charge in [0.05, 0.1) is 16.8 Å². The zero-order valence-corrected chi connectivity index (χ0v) is 12.3. The van der Waals surface area contributed by atoms with E-state index in [-0.39, 0.29) is 11.3 Å². The van der Waals surface area contributed by atoms with Gasteiger partial charge in [0, 0.05) is 24.9 Å². The van der Waals surface area contributed by atoms with Crippen molar-refractivity contribution in [3.05, 3.63) is 23.7 Å². The molecule has 4 nitrogen and oxygen atoms in total. The second-order valence-corrected chi connectivity index (χ2v) is 5.77. The molecule has 1 saturated heterocycles. The van der Waals surface area contributed by atoms with E-state index in [1.54, 1.807) is 12.3 Å². The number of likely N-dealkylation sites (tertiary alicyclic amines) is 1. The summed E-state index contributed by atoms with van der Waals surface area (Å²) in [6.45, 7) is 5.45. The Kier molecular flexibility index (Phi) is 3.94. The number of carbonyl (C=O) groups excluding carboxylic acids is 1. The first kappa shape index (κ1) is 14.1. The van der Waals surface area contributed by atoms with Gasteiger partial charge in [0.2, 0.25) is 0 Å². The lowest BCUT2D eigenvalue weighted by atomic mass is 9.80. The van der Waals surface area contributed by atoms with E-state index in [1.165, 1.54) is 0 Å². The fourth-order valence-corrected chi connectivity index (χ4v) is 2.63. The minimum Gasteiger partial charge on any atom is -0.469 e. The summed E-state index contributed by atoms with van der Waals surface area (Å²) in [4.78, 5) is 14.8. The number of carbonyl (C=O) groups is 1. The summed E-state index contributed by atoms with van der Waals surface area (Å²) in [5, 5.41) is 0. The van der Waals surface area contributed by atoms with Crippen molar-refractivity contribution in [1.82, 2.24) is 4.90 Å². The van der Waals surface area contributed by atoms with E-state index in [2.05, 4.69) is 6.92 Å². The summed E-state index contributed by atoms with van der Waals surface area (Å²) in [5.41, 5.74) is 6.34. The highest BCUT2D eigenvalue weighted by atomic mass is 32.1. The monoisotopic (exact) mass is 280 g/mol. The van der Waals surface area contributed by atoms with E-state index >= 15 is 0 Å². The first-order valence-corrected chi connectivity index (χ1v) is 7.04. The van der Waals surface area contributed by atoms with Gasteiger partial charge in [0.25, 0.3) is 5.91 Å². The summed E-state index contributed by atoms with van der Waals surface area (Å²) in [6, 6.07) is 1.75. The molecule has 2 N–H and O–H groups in total. The summed E-state index contributed by atoms with van der Waals surface area (Å²) in [5.74, 6) is 0.809. The van der Waals surface area contributed by atoms with Gasteiger partial charge in [-0.05, 0) is 18.9 Å². The van der Waals surface area contributed by atoms with Crippen LogP contribution in [0.5, 0.6) is 0 Å². The second kappa shape index (κ2) is 5.33. The first-order chi connectivity index (χ1) is 8.98. The predicted molar refractivity (Wildman–Crippen MR) is 78.1 cm³/mol. The number of thiocarbonyl (C=S) groups is 1. The molecule has 0 radical (unpaired) electrons. The summed E-state index contributed by atoms with van der Waals surface area (Å²) in [6.07, 6.45) is 3.96. The van der Waals surface area contributed by atoms with Crippen LogP contribution >= 0.6 is 12.2 Å². The largest absolute Gasteiger partial charge is 0.469 e. The van der Waals surface area contributed by atoms with Crippen molar-refractivity contribution in [3.8, 4) is 0 Å². The van der Waals surface area contributed by atoms with Crippen molar-refractivity contribution in [1.29, 1.82) is 0 Å². The minimum absolute atomic E-state index is 0.0515. The molecule has 0 spiro atoms. The van der Waals surface area contributed by atoms with Gasteiger partial charge in [-0.15, -0.1) is 0 Å². The first-order valence-electron chi connectivity index (χ1n) is 6.63. The van der Waals surface area contributed by atoms with Gasteiger partial charge in [-0.3, -0.25) is 4.79 Å². The SMILES string of the molecule is CCc1occc1C(=O)N1CCC(C)(C(N)=S)CC1. The van der Waals surface area contributed by atoms with Crippen LogP contribution in [-0.2, 0) is 6.42 Å². The zero-order valence-electron chi connectivity index (χ0n) is 11.4. The molecule has 0 aromatic carbocycles. The Balaban J connectivity index is 2.06. The summed E-state index contributed by atoms with van der Waals surface area (Å²) < 4.78 is 5.32. The molecule has 1 amide bonds. The van der Waals surface area contributed by atoms with Gasteiger partial charge in [0.15, 0.2) is 0 Å². The maximum atomic E-state index is 12.4. The molecule has 0 saturated carbocycles. The molecule has 104 valence electrons. The van der Waals surface area contributed by atoms with Crippen molar-refractivity contribution in [2.24, 2.45) is 11.1 Å². The Hall–Kier alpha value is -1.36. The number of hydrogen-bond donors (Lipinski definition) is 1. The third-order valence-electron chi connectivity index (χ3n) is 4.05. The highest BCUT2D eigenvalue weighted by Gasteiger charge is 2.34. The van der Waals surface area contributed by atoms with E-state index in [4.69, 9.17) is 22.4 Å². The number of rotatable bonds is 3. The maximum Gasteiger partial charge on any atom is 0.257 e. The number of nitrogens with two attached hydrogens (primary N) is 1. The number of piperidine rings is 1. The molecule has 0 atom stereocenters. The number of nitrogens with zero attached hydrogens (tertiary/aromatic N) is 1. The van der Waals surface area contributed by atoms with E-state index < -0.39 is 0 Å². The molecule has 0 unspecified atom stereocenters. The Morgan fingerprint density at radius 3 is 2.68 bits per heavy atom. The normalized spacial score (nSPS) is 18.3. The number of hydrogen-bond acceptors (Lipinski definition) is 3. The molecule has 2 rings (SSSR count). The summed E-state index contributed by atoms with van der Waals surface area (Å²) in [7, 11) is 0. The standard InChI is InChI=1S/C14H20N2O2S/c1-3-11-10(4-9-18-11)12(17)16-7-5-14(2,6-8-16)13(15)19/h4,9H,3,5-8H2,1-2H3,(H2,15,19). The van der Waals surface area contributed by atoms with Crippen LogP contribution in [0.1, 0.15) is 42.8 Å². The third kappa shape index (κ3) is 2.66. The van der Waals surface area contributed by atoms with E-state index in [0.29, 0.717) is 23.6 Å². The van der Waals surface area contributed by atoms with Gasteiger partial charge in [0.1, 0.15) is 5.76 Å². The fraction of sp³-hybridized carbons (Fsp3) is 0.571. The van der Waals surface area contributed by atoms with E-state index in [9.17, 15) is 4.79 Å². The van der Waals surface area contributed by atoms with Crippen LogP contribution in [0.15, 0.2) is 16.7 Å². The third-order valence-corrected chi connectivity index (χ3v) is 4.54. The number of aryl methyl sites for hydroxylation is 1. The summed E-state index contributed by atoms with van der Waals surface area (Å²) >= 11 is 5.11. The quantitative estimate of drug-likeness (QED) is 0.864. The van der Waals surface area contributed by atoms with E-state index in [1.807, 2.05) is 11.8 Å². The predicted octanol–water partition coefficient (Wildman–Crippen LogP) is 2.37. The van der Waals surface area contributed by atoms with Gasteiger partial charge in [-0.2, -0.15) is 0 Å². The van der Waals surface area contributed by atoms with Crippen molar-refractivity contribution in [2.75, 3.05) is 13.1 Å². The molecule has 1 fully saturated rings. The second-order valence-electron chi connectivity index (χ2n) is 5.33. The molecule has 1 aliphatic rings. The van der Waals surface area contributed by atoms with Crippen LogP contribution in [0.25, 0.3) is 0 Å². The zero-order chi connectivity index (χ0) is 14.0. The Morgan fingerprint density at radius 2 is 2.16 bits per heavy atom. The van der Waals surface area contributed by atoms with Crippen LogP contribution in [0.4, 0.5) is 0 Å². The Morgan fingerprint density at radius 1 is 1.53 bits per heavy atom. The molecule has 2 heterocycles. The fourth-order valence-electron chi connectivity index (χ4n) is 2.43. The smallest absolute Gasteiger partial charge is 0.257 e. The van der Waals surface area contributed by atoms with Crippen LogP contribution < -0.4 is 5.73 Å². The lowest BCUT2D eigenvalue weighted by molar-refractivity contribution is 0.0668. The highest BCUT2D eigenvalue weighted by Crippen LogP contribution is 2.32. The van der Waals surface area contributed by atoms with Crippen molar-refractivity contribution >= 4 is 23.1 Å². The van der Waals surface area contributed by atoms with Crippen molar-refractivity contribution < 1.29 is 9.21 Å². The molecule has 1 aromatic heterocycles. The molecule has 0 bridgehead atoms. The average molecular weight is 280 g/mol. The number of amides is 1. The maximum absolute atomic E-state index is 12.4. The van der Waals surface area contributed by atoms with Gasteiger partial charge in [-0.25, -0.2) is 0 Å². The van der Waals surface area contributed by atoms with Gasteiger partial charge < -0.3 is 15.1 Å². The van der Waals surface area contributed by atoms with Crippen LogP contribution in [0.3, 0.4) is 0 Å². The Labute approximate surface area is 118 Å².